The molecule has 1 atom stereocenters. The summed E-state index contributed by atoms with van der Waals surface area (Å²) in [6, 6.07) is 11.4. The number of benzene rings is 1. The molecule has 1 aromatic heterocycles. The van der Waals surface area contributed by atoms with E-state index in [0.717, 1.165) is 5.56 Å². The third kappa shape index (κ3) is 3.14. The molecule has 20 heavy (non-hydrogen) atoms. The number of hydrogen-bond donors (Lipinski definition) is 1. The highest BCUT2D eigenvalue weighted by atomic mass is 35.5. The molecule has 106 valence electrons. The molecule has 0 aliphatic rings. The van der Waals surface area contributed by atoms with Gasteiger partial charge < -0.3 is 10.1 Å². The molecule has 1 heterocycles. The first kappa shape index (κ1) is 14.9. The summed E-state index contributed by atoms with van der Waals surface area (Å²) in [4.78, 5) is 12.9. The van der Waals surface area contributed by atoms with Gasteiger partial charge >= 0.3 is 0 Å². The predicted octanol–water partition coefficient (Wildman–Crippen LogP) is 3.64. The number of thiophene rings is 1. The van der Waals surface area contributed by atoms with Crippen molar-refractivity contribution >= 4 is 28.8 Å². The molecule has 0 saturated carbocycles. The van der Waals surface area contributed by atoms with Gasteiger partial charge in [-0.3, -0.25) is 4.79 Å². The third-order valence-electron chi connectivity index (χ3n) is 3.10. The van der Waals surface area contributed by atoms with Crippen molar-refractivity contribution in [3.8, 4) is 5.75 Å². The number of halogens is 1. The van der Waals surface area contributed by atoms with E-state index in [4.69, 9.17) is 16.3 Å². The van der Waals surface area contributed by atoms with Gasteiger partial charge in [0.2, 0.25) is 0 Å². The lowest BCUT2D eigenvalue weighted by molar-refractivity contribution is 0.0917. The highest BCUT2D eigenvalue weighted by Gasteiger charge is 2.28. The maximum atomic E-state index is 12.3. The number of carbonyl (C=O) groups is 1. The monoisotopic (exact) mass is 309 g/mol. The Morgan fingerprint density at radius 2 is 2.10 bits per heavy atom. The summed E-state index contributed by atoms with van der Waals surface area (Å²) < 4.78 is 5.09. The van der Waals surface area contributed by atoms with Crippen LogP contribution in [0.3, 0.4) is 0 Å². The molecule has 1 aromatic carbocycles. The molecule has 0 radical (unpaired) electrons. The second-order valence-electron chi connectivity index (χ2n) is 4.64. The second-order valence-corrected chi connectivity index (χ2v) is 5.82. The molecule has 2 rings (SSSR count). The highest BCUT2D eigenvalue weighted by Crippen LogP contribution is 2.25. The largest absolute Gasteiger partial charge is 0.496 e. The van der Waals surface area contributed by atoms with Gasteiger partial charge in [-0.15, -0.1) is 22.9 Å². The zero-order valence-electron chi connectivity index (χ0n) is 11.4. The Morgan fingerprint density at radius 3 is 2.65 bits per heavy atom. The second kappa shape index (κ2) is 6.29. The van der Waals surface area contributed by atoms with Gasteiger partial charge in [-0.2, -0.15) is 0 Å². The molecule has 0 fully saturated rings. The molecule has 0 bridgehead atoms. The molecule has 0 aliphatic carbocycles. The number of carbonyl (C=O) groups excluding carboxylic acids is 1. The summed E-state index contributed by atoms with van der Waals surface area (Å²) in [7, 11) is 1.58. The van der Waals surface area contributed by atoms with Crippen molar-refractivity contribution < 1.29 is 9.53 Å². The summed E-state index contributed by atoms with van der Waals surface area (Å²) in [6.45, 7) is 1.91. The van der Waals surface area contributed by atoms with Gasteiger partial charge in [-0.1, -0.05) is 30.3 Å². The number of rotatable bonds is 5. The van der Waals surface area contributed by atoms with Crippen LogP contribution in [0.2, 0.25) is 0 Å². The van der Waals surface area contributed by atoms with Crippen LogP contribution in [-0.2, 0) is 5.54 Å². The Bertz CT molecular complexity index is 585. The average molecular weight is 310 g/mol. The van der Waals surface area contributed by atoms with E-state index in [9.17, 15) is 4.79 Å². The Hall–Kier alpha value is -1.52. The first-order valence-electron chi connectivity index (χ1n) is 6.15. The fraction of sp³-hybridized carbons (Fsp3) is 0.267. The first-order valence-corrected chi connectivity index (χ1v) is 7.57. The van der Waals surface area contributed by atoms with E-state index < -0.39 is 5.54 Å². The smallest absolute Gasteiger partial charge is 0.262 e. The Labute approximate surface area is 127 Å². The maximum Gasteiger partial charge on any atom is 0.262 e. The summed E-state index contributed by atoms with van der Waals surface area (Å²) in [5.41, 5.74) is 0.379. The van der Waals surface area contributed by atoms with Gasteiger partial charge in [0, 0.05) is 17.3 Å². The van der Waals surface area contributed by atoms with Crippen LogP contribution >= 0.6 is 22.9 Å². The van der Waals surface area contributed by atoms with E-state index in [0.29, 0.717) is 16.5 Å². The topological polar surface area (TPSA) is 38.3 Å². The van der Waals surface area contributed by atoms with Crippen LogP contribution in [0.1, 0.15) is 22.2 Å². The lowest BCUT2D eigenvalue weighted by Gasteiger charge is -2.29. The average Bonchev–Trinajstić information content (AvgIpc) is 2.97. The molecular weight excluding hydrogens is 294 g/mol. The molecule has 1 unspecified atom stereocenters. The standard InChI is InChI=1S/C15H16ClNO2S/c1-15(10-16,11-6-4-3-5-7-11)17-14(18)13-8-12(19-2)9-20-13/h3-9H,10H2,1-2H3,(H,17,18). The molecule has 0 saturated heterocycles. The molecule has 2 aromatic rings. The minimum atomic E-state index is -0.600. The van der Waals surface area contributed by atoms with E-state index in [1.165, 1.54) is 11.3 Å². The van der Waals surface area contributed by atoms with E-state index in [1.807, 2.05) is 37.3 Å². The Morgan fingerprint density at radius 1 is 1.40 bits per heavy atom. The lowest BCUT2D eigenvalue weighted by Crippen LogP contribution is -2.44. The zero-order valence-corrected chi connectivity index (χ0v) is 12.9. The van der Waals surface area contributed by atoms with Crippen molar-refractivity contribution in [3.05, 3.63) is 52.2 Å². The van der Waals surface area contributed by atoms with Gasteiger partial charge in [0.05, 0.1) is 17.5 Å². The van der Waals surface area contributed by atoms with Crippen molar-refractivity contribution in [1.82, 2.24) is 5.32 Å². The number of methoxy groups -OCH3 is 1. The fourth-order valence-electron chi connectivity index (χ4n) is 1.85. The lowest BCUT2D eigenvalue weighted by atomic mass is 9.94. The van der Waals surface area contributed by atoms with E-state index in [1.54, 1.807) is 18.6 Å². The van der Waals surface area contributed by atoms with Gasteiger partial charge in [0.1, 0.15) is 5.75 Å². The van der Waals surface area contributed by atoms with Crippen LogP contribution in [0, 0.1) is 0 Å². The summed E-state index contributed by atoms with van der Waals surface area (Å²) in [6.07, 6.45) is 0. The number of amides is 1. The summed E-state index contributed by atoms with van der Waals surface area (Å²) in [5, 5.41) is 4.80. The zero-order chi connectivity index (χ0) is 14.6. The van der Waals surface area contributed by atoms with Crippen molar-refractivity contribution in [2.45, 2.75) is 12.5 Å². The van der Waals surface area contributed by atoms with Gasteiger partial charge in [0.25, 0.3) is 5.91 Å². The first-order chi connectivity index (χ1) is 9.59. The van der Waals surface area contributed by atoms with Gasteiger partial charge in [0.15, 0.2) is 0 Å². The number of ether oxygens (including phenoxy) is 1. The third-order valence-corrected chi connectivity index (χ3v) is 4.54. The molecule has 0 aliphatic heterocycles. The van der Waals surface area contributed by atoms with Gasteiger partial charge in [-0.05, 0) is 12.5 Å². The summed E-state index contributed by atoms with van der Waals surface area (Å²) in [5.74, 6) is 0.836. The van der Waals surface area contributed by atoms with Crippen LogP contribution in [0.25, 0.3) is 0 Å². The maximum absolute atomic E-state index is 12.3. The number of nitrogens with one attached hydrogen (secondary N) is 1. The fourth-order valence-corrected chi connectivity index (χ4v) is 2.82. The van der Waals surface area contributed by atoms with Gasteiger partial charge in [-0.25, -0.2) is 0 Å². The van der Waals surface area contributed by atoms with Crippen molar-refractivity contribution in [2.75, 3.05) is 13.0 Å². The number of alkyl halides is 1. The molecule has 5 heteroatoms. The molecule has 1 N–H and O–H groups in total. The van der Waals surface area contributed by atoms with Crippen LogP contribution in [0.5, 0.6) is 5.75 Å². The van der Waals surface area contributed by atoms with E-state index >= 15 is 0 Å². The Balaban J connectivity index is 2.19. The van der Waals surface area contributed by atoms with Crippen molar-refractivity contribution in [3.63, 3.8) is 0 Å². The molecular formula is C15H16ClNO2S. The van der Waals surface area contributed by atoms with Crippen LogP contribution in [0.15, 0.2) is 41.8 Å². The molecule has 3 nitrogen and oxygen atoms in total. The molecule has 0 spiro atoms. The SMILES string of the molecule is COc1csc(C(=O)NC(C)(CCl)c2ccccc2)c1. The highest BCUT2D eigenvalue weighted by molar-refractivity contribution is 7.12. The van der Waals surface area contributed by atoms with E-state index in [-0.39, 0.29) is 5.91 Å². The molecule has 1 amide bonds. The summed E-state index contributed by atoms with van der Waals surface area (Å²) >= 11 is 7.42. The van der Waals surface area contributed by atoms with Crippen LogP contribution < -0.4 is 10.1 Å². The van der Waals surface area contributed by atoms with E-state index in [2.05, 4.69) is 5.32 Å². The van der Waals surface area contributed by atoms with Crippen LogP contribution in [0.4, 0.5) is 0 Å². The van der Waals surface area contributed by atoms with Crippen LogP contribution in [-0.4, -0.2) is 18.9 Å². The Kier molecular flexibility index (Phi) is 4.68. The predicted molar refractivity (Wildman–Crippen MR) is 82.9 cm³/mol. The minimum absolute atomic E-state index is 0.148. The minimum Gasteiger partial charge on any atom is -0.496 e. The van der Waals surface area contributed by atoms with Crippen molar-refractivity contribution in [1.29, 1.82) is 0 Å². The quantitative estimate of drug-likeness (QED) is 0.856. The normalized spacial score (nSPS) is 13.6. The van der Waals surface area contributed by atoms with Crippen molar-refractivity contribution in [2.24, 2.45) is 0 Å². The number of hydrogen-bond acceptors (Lipinski definition) is 3.